The molecule has 1 amide bonds. The minimum absolute atomic E-state index is 0.296. The van der Waals surface area contributed by atoms with Crippen LogP contribution in [-0.4, -0.2) is 29.3 Å². The second-order valence-electron chi connectivity index (χ2n) is 6.67. The number of benzene rings is 2. The van der Waals surface area contributed by atoms with Gasteiger partial charge in [0.1, 0.15) is 6.61 Å². The number of methoxy groups -OCH3 is 1. The smallest absolute Gasteiger partial charge is 0.256 e. The number of rotatable bonds is 9. The van der Waals surface area contributed by atoms with E-state index >= 15 is 0 Å². The molecule has 0 aliphatic rings. The maximum Gasteiger partial charge on any atom is 0.256 e. The highest BCUT2D eigenvalue weighted by Gasteiger charge is 2.21. The second kappa shape index (κ2) is 10.4. The number of hydrogen-bond donors (Lipinski definition) is 0. The number of alkyl halides is 2. The van der Waals surface area contributed by atoms with Gasteiger partial charge in [0.05, 0.1) is 7.11 Å². The van der Waals surface area contributed by atoms with Gasteiger partial charge in [0.15, 0.2) is 16.3 Å². The van der Waals surface area contributed by atoms with E-state index in [9.17, 15) is 4.79 Å². The van der Waals surface area contributed by atoms with Gasteiger partial charge in [-0.2, -0.15) is 0 Å². The Labute approximate surface area is 171 Å². The normalized spacial score (nSPS) is 10.9. The predicted octanol–water partition coefficient (Wildman–Crippen LogP) is 5.06. The average Bonchev–Trinajstić information content (AvgIpc) is 2.66. The minimum atomic E-state index is -1.07. The van der Waals surface area contributed by atoms with E-state index in [0.29, 0.717) is 37.1 Å². The fraction of sp³-hybridized carbons (Fsp3) is 0.381. The Kier molecular flexibility index (Phi) is 8.26. The molecule has 0 fully saturated rings. The van der Waals surface area contributed by atoms with Crippen molar-refractivity contribution in [1.82, 2.24) is 4.90 Å². The summed E-state index contributed by atoms with van der Waals surface area (Å²) in [4.78, 5) is 12.9. The molecular weight excluding hydrogens is 385 g/mol. The summed E-state index contributed by atoms with van der Waals surface area (Å²) >= 11 is 11.6. The Hall–Kier alpha value is -1.91. The summed E-state index contributed by atoms with van der Waals surface area (Å²) in [6, 6.07) is 15.6. The van der Waals surface area contributed by atoms with E-state index in [0.717, 1.165) is 11.1 Å². The van der Waals surface area contributed by atoms with Crippen LogP contribution in [0.15, 0.2) is 48.5 Å². The summed E-state index contributed by atoms with van der Waals surface area (Å²) in [5, 5.41) is 0. The van der Waals surface area contributed by atoms with Crippen molar-refractivity contribution in [3.63, 3.8) is 0 Å². The molecule has 0 aromatic heterocycles. The second-order valence-corrected chi connectivity index (χ2v) is 7.77. The zero-order chi connectivity index (χ0) is 19.8. The van der Waals surface area contributed by atoms with Gasteiger partial charge in [-0.3, -0.25) is 4.79 Å². The van der Waals surface area contributed by atoms with Gasteiger partial charge in [-0.05, 0) is 29.2 Å². The van der Waals surface area contributed by atoms with E-state index < -0.39 is 4.84 Å². The van der Waals surface area contributed by atoms with E-state index in [-0.39, 0.29) is 5.91 Å². The third-order valence-corrected chi connectivity index (χ3v) is 4.30. The van der Waals surface area contributed by atoms with Crippen molar-refractivity contribution in [3.05, 3.63) is 59.7 Å². The quantitative estimate of drug-likeness (QED) is 0.543. The molecule has 0 unspecified atom stereocenters. The summed E-state index contributed by atoms with van der Waals surface area (Å²) in [5.74, 6) is 1.28. The number of ether oxygens (including phenoxy) is 2. The molecular formula is C21H25Cl2NO3. The van der Waals surface area contributed by atoms with Crippen LogP contribution in [0.5, 0.6) is 11.5 Å². The van der Waals surface area contributed by atoms with Crippen LogP contribution in [0.3, 0.4) is 0 Å². The Morgan fingerprint density at radius 2 is 1.74 bits per heavy atom. The van der Waals surface area contributed by atoms with Gasteiger partial charge >= 0.3 is 0 Å². The Morgan fingerprint density at radius 3 is 2.33 bits per heavy atom. The van der Waals surface area contributed by atoms with Crippen LogP contribution in [0, 0.1) is 5.92 Å². The molecule has 6 heteroatoms. The van der Waals surface area contributed by atoms with Crippen molar-refractivity contribution >= 4 is 29.1 Å². The van der Waals surface area contributed by atoms with E-state index in [1.54, 1.807) is 12.0 Å². The number of carbonyl (C=O) groups excluding carboxylic acids is 1. The van der Waals surface area contributed by atoms with E-state index in [2.05, 4.69) is 0 Å². The van der Waals surface area contributed by atoms with Crippen LogP contribution < -0.4 is 9.47 Å². The fourth-order valence-electron chi connectivity index (χ4n) is 2.70. The molecule has 0 saturated heterocycles. The van der Waals surface area contributed by atoms with E-state index in [4.69, 9.17) is 32.7 Å². The third kappa shape index (κ3) is 6.64. The lowest BCUT2D eigenvalue weighted by Gasteiger charge is -2.25. The van der Waals surface area contributed by atoms with Crippen LogP contribution in [-0.2, 0) is 17.9 Å². The number of nitrogens with zero attached hydrogens (tertiary/aromatic N) is 1. The fourth-order valence-corrected chi connectivity index (χ4v) is 2.97. The van der Waals surface area contributed by atoms with Crippen LogP contribution in [0.4, 0.5) is 0 Å². The summed E-state index contributed by atoms with van der Waals surface area (Å²) in [7, 11) is 1.60. The molecule has 0 aliphatic heterocycles. The molecule has 0 heterocycles. The number of halogens is 2. The molecule has 0 spiro atoms. The highest BCUT2D eigenvalue weighted by Crippen LogP contribution is 2.29. The van der Waals surface area contributed by atoms with E-state index in [1.807, 2.05) is 62.4 Å². The summed E-state index contributed by atoms with van der Waals surface area (Å²) in [6.07, 6.45) is 0. The van der Waals surface area contributed by atoms with Crippen LogP contribution in [0.25, 0.3) is 0 Å². The SMILES string of the molecule is COc1cc(CN(CC(C)C)C(=O)C(Cl)Cl)ccc1OCc1ccccc1. The molecule has 0 bridgehead atoms. The molecule has 2 aromatic carbocycles. The van der Waals surface area contributed by atoms with Crippen molar-refractivity contribution in [2.24, 2.45) is 5.92 Å². The van der Waals surface area contributed by atoms with Crippen LogP contribution in [0.2, 0.25) is 0 Å². The van der Waals surface area contributed by atoms with Gasteiger partial charge in [-0.15, -0.1) is 0 Å². The first-order valence-electron chi connectivity index (χ1n) is 8.81. The summed E-state index contributed by atoms with van der Waals surface area (Å²) in [6.45, 7) is 5.51. The molecule has 0 saturated carbocycles. The molecule has 0 aliphatic carbocycles. The summed E-state index contributed by atoms with van der Waals surface area (Å²) < 4.78 is 11.3. The Morgan fingerprint density at radius 1 is 1.04 bits per heavy atom. The van der Waals surface area contributed by atoms with Crippen molar-refractivity contribution < 1.29 is 14.3 Å². The third-order valence-electron chi connectivity index (χ3n) is 3.92. The predicted molar refractivity (Wildman–Crippen MR) is 110 cm³/mol. The largest absolute Gasteiger partial charge is 0.493 e. The first-order chi connectivity index (χ1) is 12.9. The first-order valence-corrected chi connectivity index (χ1v) is 9.68. The molecule has 4 nitrogen and oxygen atoms in total. The molecule has 146 valence electrons. The van der Waals surface area contributed by atoms with Gasteiger partial charge < -0.3 is 14.4 Å². The van der Waals surface area contributed by atoms with Crippen LogP contribution >= 0.6 is 23.2 Å². The number of amides is 1. The molecule has 0 N–H and O–H groups in total. The lowest BCUT2D eigenvalue weighted by Crippen LogP contribution is -2.37. The van der Waals surface area contributed by atoms with Gasteiger partial charge in [0.25, 0.3) is 5.91 Å². The molecule has 27 heavy (non-hydrogen) atoms. The maximum atomic E-state index is 12.3. The van der Waals surface area contributed by atoms with Crippen molar-refractivity contribution in [2.75, 3.05) is 13.7 Å². The maximum absolute atomic E-state index is 12.3. The monoisotopic (exact) mass is 409 g/mol. The van der Waals surface area contributed by atoms with Gasteiger partial charge in [0.2, 0.25) is 0 Å². The minimum Gasteiger partial charge on any atom is -0.493 e. The highest BCUT2D eigenvalue weighted by atomic mass is 35.5. The van der Waals surface area contributed by atoms with Gasteiger partial charge in [-0.1, -0.05) is 73.4 Å². The standard InChI is InChI=1S/C21H25Cl2NO3/c1-15(2)12-24(21(25)20(22)23)13-17-9-10-18(19(11-17)26-3)27-14-16-7-5-4-6-8-16/h4-11,15,20H,12-14H2,1-3H3. The Bertz CT molecular complexity index is 735. The van der Waals surface area contributed by atoms with Crippen molar-refractivity contribution in [3.8, 4) is 11.5 Å². The van der Waals surface area contributed by atoms with Crippen molar-refractivity contribution in [2.45, 2.75) is 31.8 Å². The highest BCUT2D eigenvalue weighted by molar-refractivity contribution is 6.53. The lowest BCUT2D eigenvalue weighted by atomic mass is 10.1. The molecule has 2 aromatic rings. The molecule has 0 radical (unpaired) electrons. The average molecular weight is 410 g/mol. The van der Waals surface area contributed by atoms with Gasteiger partial charge in [0, 0.05) is 13.1 Å². The van der Waals surface area contributed by atoms with Gasteiger partial charge in [-0.25, -0.2) is 0 Å². The number of carbonyl (C=O) groups is 1. The Balaban J connectivity index is 2.12. The molecule has 0 atom stereocenters. The number of hydrogen-bond acceptors (Lipinski definition) is 3. The zero-order valence-corrected chi connectivity index (χ0v) is 17.3. The van der Waals surface area contributed by atoms with E-state index in [1.165, 1.54) is 0 Å². The first kappa shape index (κ1) is 21.4. The van der Waals surface area contributed by atoms with Crippen molar-refractivity contribution in [1.29, 1.82) is 0 Å². The molecule has 2 rings (SSSR count). The lowest BCUT2D eigenvalue weighted by molar-refractivity contribution is -0.130. The topological polar surface area (TPSA) is 38.8 Å². The summed E-state index contributed by atoms with van der Waals surface area (Å²) in [5.41, 5.74) is 1.99. The van der Waals surface area contributed by atoms with Crippen LogP contribution in [0.1, 0.15) is 25.0 Å². The zero-order valence-electron chi connectivity index (χ0n) is 15.8.